The number of ether oxygens (including phenoxy) is 2. The molecule has 0 spiro atoms. The summed E-state index contributed by atoms with van der Waals surface area (Å²) in [6, 6.07) is 5.83. The molecule has 0 atom stereocenters. The Kier molecular flexibility index (Phi) is 5.14. The minimum absolute atomic E-state index is 0.383. The predicted molar refractivity (Wildman–Crippen MR) is 85.4 cm³/mol. The van der Waals surface area contributed by atoms with Crippen molar-refractivity contribution >= 4 is 22.0 Å². The Morgan fingerprint density at radius 1 is 1.38 bits per heavy atom. The third-order valence-corrected chi connectivity index (χ3v) is 3.51. The van der Waals surface area contributed by atoms with Gasteiger partial charge in [-0.1, -0.05) is 15.9 Å². The molecule has 116 valence electrons. The van der Waals surface area contributed by atoms with Crippen LogP contribution in [0.25, 0.3) is 0 Å². The number of hydrogen-bond donors (Lipinski definition) is 1. The second-order valence-electron chi connectivity index (χ2n) is 6.36. The summed E-state index contributed by atoms with van der Waals surface area (Å²) in [7, 11) is 0. The Labute approximate surface area is 134 Å². The van der Waals surface area contributed by atoms with E-state index in [4.69, 9.17) is 9.47 Å². The zero-order valence-corrected chi connectivity index (χ0v) is 14.3. The fraction of sp³-hybridized carbons (Fsp3) is 0.562. The van der Waals surface area contributed by atoms with Crippen molar-refractivity contribution < 1.29 is 14.3 Å². The lowest BCUT2D eigenvalue weighted by Gasteiger charge is -2.20. The van der Waals surface area contributed by atoms with Gasteiger partial charge >= 0.3 is 6.09 Å². The Balaban J connectivity index is 1.93. The molecular formula is C16H22BrNO3. The molecule has 21 heavy (non-hydrogen) atoms. The van der Waals surface area contributed by atoms with Crippen molar-refractivity contribution in [2.45, 2.75) is 45.8 Å². The normalized spacial score (nSPS) is 14.7. The second kappa shape index (κ2) is 6.69. The minimum atomic E-state index is -0.493. The highest BCUT2D eigenvalue weighted by Crippen LogP contribution is 2.31. The zero-order chi connectivity index (χ0) is 15.5. The minimum Gasteiger partial charge on any atom is -0.493 e. The van der Waals surface area contributed by atoms with Gasteiger partial charge in [0.25, 0.3) is 0 Å². The molecule has 0 bridgehead atoms. The SMILES string of the molecule is CC(C)(C)OC(=O)NCc1cc(Br)ccc1OCC1CC1. The van der Waals surface area contributed by atoms with Gasteiger partial charge < -0.3 is 14.8 Å². The number of rotatable bonds is 5. The van der Waals surface area contributed by atoms with Gasteiger partial charge in [0.15, 0.2) is 0 Å². The van der Waals surface area contributed by atoms with Gasteiger partial charge in [-0.3, -0.25) is 0 Å². The van der Waals surface area contributed by atoms with Crippen LogP contribution in [0.1, 0.15) is 39.2 Å². The molecule has 0 saturated heterocycles. The molecule has 1 aliphatic carbocycles. The molecule has 1 N–H and O–H groups in total. The number of carbonyl (C=O) groups excluding carboxylic acids is 1. The number of halogens is 1. The molecule has 0 aromatic heterocycles. The molecule has 5 heteroatoms. The van der Waals surface area contributed by atoms with E-state index in [1.54, 1.807) is 0 Å². The van der Waals surface area contributed by atoms with Crippen molar-refractivity contribution in [3.63, 3.8) is 0 Å². The van der Waals surface area contributed by atoms with Crippen LogP contribution in [0.5, 0.6) is 5.75 Å². The zero-order valence-electron chi connectivity index (χ0n) is 12.7. The van der Waals surface area contributed by atoms with Crippen LogP contribution < -0.4 is 10.1 Å². The summed E-state index contributed by atoms with van der Waals surface area (Å²) in [5.74, 6) is 1.52. The molecule has 1 aromatic rings. The van der Waals surface area contributed by atoms with Crippen LogP contribution in [0.15, 0.2) is 22.7 Å². The first-order chi connectivity index (χ1) is 9.83. The van der Waals surface area contributed by atoms with Crippen molar-refractivity contribution in [1.29, 1.82) is 0 Å². The highest BCUT2D eigenvalue weighted by atomic mass is 79.9. The van der Waals surface area contributed by atoms with E-state index in [0.29, 0.717) is 12.5 Å². The Hall–Kier alpha value is -1.23. The van der Waals surface area contributed by atoms with Crippen LogP contribution in [0.4, 0.5) is 4.79 Å². The third kappa shape index (κ3) is 5.96. The van der Waals surface area contributed by atoms with E-state index in [1.165, 1.54) is 12.8 Å². The fourth-order valence-corrected chi connectivity index (χ4v) is 2.21. The average molecular weight is 356 g/mol. The molecule has 0 aliphatic heterocycles. The van der Waals surface area contributed by atoms with Crippen LogP contribution in [0.2, 0.25) is 0 Å². The number of alkyl carbamates (subject to hydrolysis) is 1. The third-order valence-electron chi connectivity index (χ3n) is 3.02. The first-order valence-electron chi connectivity index (χ1n) is 7.21. The number of benzene rings is 1. The van der Waals surface area contributed by atoms with Crippen molar-refractivity contribution in [3.05, 3.63) is 28.2 Å². The van der Waals surface area contributed by atoms with E-state index >= 15 is 0 Å². The molecule has 1 aliphatic rings. The first kappa shape index (κ1) is 16.1. The molecule has 2 rings (SSSR count). The molecule has 0 heterocycles. The monoisotopic (exact) mass is 355 g/mol. The molecule has 1 fully saturated rings. The van der Waals surface area contributed by atoms with Gasteiger partial charge in [0.1, 0.15) is 11.4 Å². The van der Waals surface area contributed by atoms with Gasteiger partial charge in [-0.25, -0.2) is 4.79 Å². The standard InChI is InChI=1S/C16H22BrNO3/c1-16(2,3)21-15(19)18-9-12-8-13(17)6-7-14(12)20-10-11-4-5-11/h6-8,11H,4-5,9-10H2,1-3H3,(H,18,19). The smallest absolute Gasteiger partial charge is 0.407 e. The molecule has 1 saturated carbocycles. The van der Waals surface area contributed by atoms with Crippen molar-refractivity contribution in [2.75, 3.05) is 6.61 Å². The summed E-state index contributed by atoms with van der Waals surface area (Å²) in [6.45, 7) is 6.66. The van der Waals surface area contributed by atoms with Gasteiger partial charge in [-0.2, -0.15) is 0 Å². The van der Waals surface area contributed by atoms with Gasteiger partial charge in [0.05, 0.1) is 6.61 Å². The largest absolute Gasteiger partial charge is 0.493 e. The summed E-state index contributed by atoms with van der Waals surface area (Å²) in [4.78, 5) is 11.7. The summed E-state index contributed by atoms with van der Waals surface area (Å²) >= 11 is 3.45. The van der Waals surface area contributed by atoms with E-state index in [1.807, 2.05) is 39.0 Å². The van der Waals surface area contributed by atoms with Crippen molar-refractivity contribution in [1.82, 2.24) is 5.32 Å². The molecule has 4 nitrogen and oxygen atoms in total. The molecule has 1 amide bonds. The highest BCUT2D eigenvalue weighted by molar-refractivity contribution is 9.10. The molecule has 0 unspecified atom stereocenters. The van der Waals surface area contributed by atoms with Gasteiger partial charge in [-0.05, 0) is 57.7 Å². The second-order valence-corrected chi connectivity index (χ2v) is 7.28. The lowest BCUT2D eigenvalue weighted by molar-refractivity contribution is 0.0523. The fourth-order valence-electron chi connectivity index (χ4n) is 1.80. The van der Waals surface area contributed by atoms with E-state index in [-0.39, 0.29) is 0 Å². The highest BCUT2D eigenvalue weighted by Gasteiger charge is 2.22. The van der Waals surface area contributed by atoms with Crippen LogP contribution >= 0.6 is 15.9 Å². The quantitative estimate of drug-likeness (QED) is 0.857. The lowest BCUT2D eigenvalue weighted by Crippen LogP contribution is -2.32. The number of amides is 1. The lowest BCUT2D eigenvalue weighted by atomic mass is 10.2. The van der Waals surface area contributed by atoms with Gasteiger partial charge in [0.2, 0.25) is 0 Å². The predicted octanol–water partition coefficient (Wildman–Crippen LogP) is 4.26. The van der Waals surface area contributed by atoms with E-state index < -0.39 is 11.7 Å². The van der Waals surface area contributed by atoms with Crippen LogP contribution in [0, 0.1) is 5.92 Å². The maximum Gasteiger partial charge on any atom is 0.407 e. The molecule has 1 aromatic carbocycles. The Bertz CT molecular complexity index is 507. The number of carbonyl (C=O) groups is 1. The number of nitrogens with one attached hydrogen (secondary N) is 1. The van der Waals surface area contributed by atoms with Crippen LogP contribution in [-0.4, -0.2) is 18.3 Å². The maximum absolute atomic E-state index is 11.7. The van der Waals surface area contributed by atoms with Gasteiger partial charge in [0, 0.05) is 16.6 Å². The van der Waals surface area contributed by atoms with E-state index in [0.717, 1.165) is 22.4 Å². The molecular weight excluding hydrogens is 334 g/mol. The number of hydrogen-bond acceptors (Lipinski definition) is 3. The Morgan fingerprint density at radius 2 is 2.10 bits per heavy atom. The van der Waals surface area contributed by atoms with Crippen molar-refractivity contribution in [3.8, 4) is 5.75 Å². The van der Waals surface area contributed by atoms with Crippen LogP contribution in [0.3, 0.4) is 0 Å². The summed E-state index contributed by atoms with van der Waals surface area (Å²) in [5.41, 5.74) is 0.447. The summed E-state index contributed by atoms with van der Waals surface area (Å²) < 4.78 is 12.0. The van der Waals surface area contributed by atoms with E-state index in [9.17, 15) is 4.79 Å². The van der Waals surface area contributed by atoms with Gasteiger partial charge in [-0.15, -0.1) is 0 Å². The summed E-state index contributed by atoms with van der Waals surface area (Å²) in [5, 5.41) is 2.76. The Morgan fingerprint density at radius 3 is 2.71 bits per heavy atom. The van der Waals surface area contributed by atoms with Crippen molar-refractivity contribution in [2.24, 2.45) is 5.92 Å². The van der Waals surface area contributed by atoms with Crippen LogP contribution in [-0.2, 0) is 11.3 Å². The summed E-state index contributed by atoms with van der Waals surface area (Å²) in [6.07, 6.45) is 2.08. The topological polar surface area (TPSA) is 47.6 Å². The maximum atomic E-state index is 11.7. The molecule has 0 radical (unpaired) electrons. The van der Waals surface area contributed by atoms with E-state index in [2.05, 4.69) is 21.2 Å². The average Bonchev–Trinajstić information content (AvgIpc) is 3.17. The first-order valence-corrected chi connectivity index (χ1v) is 8.01.